The van der Waals surface area contributed by atoms with E-state index < -0.39 is 12.2 Å². The van der Waals surface area contributed by atoms with Crippen LogP contribution in [0.3, 0.4) is 0 Å². The van der Waals surface area contributed by atoms with E-state index in [-0.39, 0.29) is 6.04 Å². The molecule has 0 saturated heterocycles. The van der Waals surface area contributed by atoms with Crippen molar-refractivity contribution >= 4 is 11.0 Å². The molecular formula is C14H15N5O2. The van der Waals surface area contributed by atoms with Gasteiger partial charge in [0.2, 0.25) is 0 Å². The van der Waals surface area contributed by atoms with Crippen molar-refractivity contribution in [2.24, 2.45) is 0 Å². The highest BCUT2D eigenvalue weighted by Gasteiger charge is 2.35. The molecule has 0 amide bonds. The van der Waals surface area contributed by atoms with Gasteiger partial charge in [-0.05, 0) is 18.9 Å². The molecule has 3 atom stereocenters. The summed E-state index contributed by atoms with van der Waals surface area (Å²) in [6.07, 6.45) is 6.80. The van der Waals surface area contributed by atoms with E-state index >= 15 is 0 Å². The zero-order valence-corrected chi connectivity index (χ0v) is 11.2. The number of aliphatic hydroxyl groups excluding tert-OH is 2. The molecule has 1 aliphatic rings. The van der Waals surface area contributed by atoms with Gasteiger partial charge in [0.15, 0.2) is 0 Å². The van der Waals surface area contributed by atoms with E-state index in [4.69, 9.17) is 0 Å². The average Bonchev–Trinajstić information content (AvgIpc) is 3.20. The van der Waals surface area contributed by atoms with Crippen molar-refractivity contribution in [3.8, 4) is 11.3 Å². The van der Waals surface area contributed by atoms with Crippen molar-refractivity contribution in [3.63, 3.8) is 0 Å². The first-order chi connectivity index (χ1) is 10.2. The lowest BCUT2D eigenvalue weighted by Crippen LogP contribution is -2.27. The Morgan fingerprint density at radius 1 is 1.24 bits per heavy atom. The highest BCUT2D eigenvalue weighted by Crippen LogP contribution is 2.32. The Morgan fingerprint density at radius 3 is 2.95 bits per heavy atom. The minimum Gasteiger partial charge on any atom is -0.390 e. The van der Waals surface area contributed by atoms with Gasteiger partial charge in [-0.1, -0.05) is 0 Å². The van der Waals surface area contributed by atoms with E-state index in [9.17, 15) is 10.2 Å². The van der Waals surface area contributed by atoms with Gasteiger partial charge in [0.25, 0.3) is 0 Å². The second-order valence-corrected chi connectivity index (χ2v) is 5.37. The number of nitrogens with zero attached hydrogens (tertiary/aromatic N) is 4. The van der Waals surface area contributed by atoms with Gasteiger partial charge in [-0.25, -0.2) is 9.97 Å². The molecule has 0 spiro atoms. The highest BCUT2D eigenvalue weighted by atomic mass is 16.3. The van der Waals surface area contributed by atoms with Crippen LogP contribution in [0.4, 0.5) is 0 Å². The molecule has 1 aliphatic carbocycles. The number of aliphatic hydroxyl groups is 2. The van der Waals surface area contributed by atoms with Crippen LogP contribution in [0.5, 0.6) is 0 Å². The SMILES string of the molecule is OC1CCC(n2cc(-c3ncnc4[nH]ccc34)cn2)C1O. The van der Waals surface area contributed by atoms with E-state index in [1.165, 1.54) is 6.33 Å². The summed E-state index contributed by atoms with van der Waals surface area (Å²) in [5, 5.41) is 24.9. The molecular weight excluding hydrogens is 270 g/mol. The normalized spacial score (nSPS) is 25.7. The first-order valence-corrected chi connectivity index (χ1v) is 6.93. The molecule has 0 bridgehead atoms. The van der Waals surface area contributed by atoms with E-state index in [2.05, 4.69) is 20.1 Å². The summed E-state index contributed by atoms with van der Waals surface area (Å²) in [4.78, 5) is 11.5. The predicted octanol–water partition coefficient (Wildman–Crippen LogP) is 0.878. The number of H-pyrrole nitrogens is 1. The van der Waals surface area contributed by atoms with E-state index in [0.717, 1.165) is 22.3 Å². The van der Waals surface area contributed by atoms with Crippen molar-refractivity contribution < 1.29 is 10.2 Å². The first kappa shape index (κ1) is 12.5. The molecule has 3 aromatic rings. The van der Waals surface area contributed by atoms with Gasteiger partial charge in [-0.15, -0.1) is 0 Å². The fourth-order valence-corrected chi connectivity index (χ4v) is 2.97. The Kier molecular flexibility index (Phi) is 2.76. The molecule has 4 rings (SSSR count). The Morgan fingerprint density at radius 2 is 2.14 bits per heavy atom. The lowest BCUT2D eigenvalue weighted by Gasteiger charge is -2.16. The fourth-order valence-electron chi connectivity index (χ4n) is 2.97. The van der Waals surface area contributed by atoms with Crippen LogP contribution in [0.25, 0.3) is 22.3 Å². The largest absolute Gasteiger partial charge is 0.390 e. The quantitative estimate of drug-likeness (QED) is 0.649. The van der Waals surface area contributed by atoms with Gasteiger partial charge in [0.05, 0.1) is 24.0 Å². The second-order valence-electron chi connectivity index (χ2n) is 5.37. The maximum Gasteiger partial charge on any atom is 0.141 e. The van der Waals surface area contributed by atoms with Crippen molar-refractivity contribution in [2.45, 2.75) is 31.1 Å². The zero-order valence-electron chi connectivity index (χ0n) is 11.2. The molecule has 0 aliphatic heterocycles. The fraction of sp³-hybridized carbons (Fsp3) is 0.357. The first-order valence-electron chi connectivity index (χ1n) is 6.93. The van der Waals surface area contributed by atoms with Crippen LogP contribution >= 0.6 is 0 Å². The van der Waals surface area contributed by atoms with Crippen LogP contribution in [0, 0.1) is 0 Å². The molecule has 3 unspecified atom stereocenters. The summed E-state index contributed by atoms with van der Waals surface area (Å²) >= 11 is 0. The van der Waals surface area contributed by atoms with Gasteiger partial charge in [0, 0.05) is 23.3 Å². The number of aromatic nitrogens is 5. The van der Waals surface area contributed by atoms with Gasteiger partial charge >= 0.3 is 0 Å². The Bertz CT molecular complexity index is 780. The summed E-state index contributed by atoms with van der Waals surface area (Å²) in [6.45, 7) is 0. The Labute approximate surface area is 120 Å². The average molecular weight is 285 g/mol. The van der Waals surface area contributed by atoms with Crippen LogP contribution in [-0.4, -0.2) is 47.2 Å². The molecule has 21 heavy (non-hydrogen) atoms. The minimum absolute atomic E-state index is 0.183. The van der Waals surface area contributed by atoms with Crippen LogP contribution in [0.2, 0.25) is 0 Å². The lowest BCUT2D eigenvalue weighted by atomic mass is 10.2. The van der Waals surface area contributed by atoms with E-state index in [1.807, 2.05) is 18.5 Å². The zero-order chi connectivity index (χ0) is 14.4. The molecule has 0 radical (unpaired) electrons. The third kappa shape index (κ3) is 1.93. The molecule has 0 aromatic carbocycles. The van der Waals surface area contributed by atoms with Crippen molar-refractivity contribution in [1.82, 2.24) is 24.7 Å². The van der Waals surface area contributed by atoms with Crippen LogP contribution in [-0.2, 0) is 0 Å². The van der Waals surface area contributed by atoms with Crippen LogP contribution in [0.1, 0.15) is 18.9 Å². The van der Waals surface area contributed by atoms with Crippen LogP contribution < -0.4 is 0 Å². The Hall–Kier alpha value is -2.25. The van der Waals surface area contributed by atoms with Gasteiger partial charge in [-0.2, -0.15) is 5.10 Å². The summed E-state index contributed by atoms with van der Waals surface area (Å²) in [5.41, 5.74) is 2.46. The van der Waals surface area contributed by atoms with E-state index in [0.29, 0.717) is 12.8 Å². The van der Waals surface area contributed by atoms with Gasteiger partial charge < -0.3 is 15.2 Å². The number of aromatic amines is 1. The minimum atomic E-state index is -0.768. The van der Waals surface area contributed by atoms with Gasteiger partial charge in [-0.3, -0.25) is 4.68 Å². The number of nitrogens with one attached hydrogen (secondary N) is 1. The highest BCUT2D eigenvalue weighted by molar-refractivity contribution is 5.89. The third-order valence-corrected chi connectivity index (χ3v) is 4.12. The molecule has 7 heteroatoms. The lowest BCUT2D eigenvalue weighted by molar-refractivity contribution is 0.0211. The van der Waals surface area contributed by atoms with Crippen LogP contribution in [0.15, 0.2) is 31.0 Å². The monoisotopic (exact) mass is 285 g/mol. The number of hydrogen-bond acceptors (Lipinski definition) is 5. The maximum atomic E-state index is 9.99. The molecule has 1 fully saturated rings. The molecule has 3 heterocycles. The van der Waals surface area contributed by atoms with Crippen molar-refractivity contribution in [3.05, 3.63) is 31.0 Å². The summed E-state index contributed by atoms with van der Waals surface area (Å²) in [7, 11) is 0. The molecule has 7 nitrogen and oxygen atoms in total. The Balaban J connectivity index is 1.73. The van der Waals surface area contributed by atoms with E-state index in [1.54, 1.807) is 10.9 Å². The van der Waals surface area contributed by atoms with Crippen molar-refractivity contribution in [1.29, 1.82) is 0 Å². The topological polar surface area (TPSA) is 99.8 Å². The predicted molar refractivity (Wildman–Crippen MR) is 75.4 cm³/mol. The summed E-state index contributed by atoms with van der Waals surface area (Å²) < 4.78 is 1.72. The number of fused-ring (bicyclic) bond motifs is 1. The molecule has 3 aromatic heterocycles. The molecule has 108 valence electrons. The maximum absolute atomic E-state index is 9.99. The van der Waals surface area contributed by atoms with Crippen molar-refractivity contribution in [2.75, 3.05) is 0 Å². The summed E-state index contributed by atoms with van der Waals surface area (Å²) in [6, 6.07) is 1.74. The standard InChI is InChI=1S/C14H15N5O2/c20-11-2-1-10(13(11)21)19-6-8(5-18-19)12-9-3-4-15-14(9)17-7-16-12/h3-7,10-11,13,20-21H,1-2H2,(H,15,16,17). The third-order valence-electron chi connectivity index (χ3n) is 4.12. The second kappa shape index (κ2) is 4.64. The smallest absolute Gasteiger partial charge is 0.141 e. The molecule has 3 N–H and O–H groups in total. The molecule has 1 saturated carbocycles. The number of rotatable bonds is 2. The van der Waals surface area contributed by atoms with Gasteiger partial charge in [0.1, 0.15) is 18.1 Å². The number of hydrogen-bond donors (Lipinski definition) is 3. The summed E-state index contributed by atoms with van der Waals surface area (Å²) in [5.74, 6) is 0.